The Kier molecular flexibility index (Phi) is 5.84. The Hall–Kier alpha value is -3.22. The van der Waals surface area contributed by atoms with Gasteiger partial charge in [-0.15, -0.1) is 0 Å². The summed E-state index contributed by atoms with van der Waals surface area (Å²) < 4.78 is 5.26. The predicted molar refractivity (Wildman–Crippen MR) is 92.3 cm³/mol. The molecule has 1 heterocycles. The van der Waals surface area contributed by atoms with E-state index < -0.39 is 5.97 Å². The smallest absolute Gasteiger partial charge is 0.317 e. The highest BCUT2D eigenvalue weighted by Crippen LogP contribution is 2.17. The highest BCUT2D eigenvalue weighted by Gasteiger charge is 2.17. The summed E-state index contributed by atoms with van der Waals surface area (Å²) in [5, 5.41) is 2.62. The zero-order chi connectivity index (χ0) is 18.4. The molecule has 0 radical (unpaired) electrons. The predicted octanol–water partition coefficient (Wildman–Crippen LogP) is 1.89. The summed E-state index contributed by atoms with van der Waals surface area (Å²) in [6, 6.07) is 9.69. The van der Waals surface area contributed by atoms with Crippen molar-refractivity contribution in [3.8, 4) is 5.75 Å². The van der Waals surface area contributed by atoms with Gasteiger partial charge >= 0.3 is 5.97 Å². The van der Waals surface area contributed by atoms with Crippen molar-refractivity contribution in [3.63, 3.8) is 0 Å². The Labute approximate surface area is 145 Å². The van der Waals surface area contributed by atoms with Crippen molar-refractivity contribution >= 4 is 23.5 Å². The Morgan fingerprint density at radius 3 is 2.40 bits per heavy atom. The molecule has 0 saturated carbocycles. The molecule has 1 aromatic carbocycles. The zero-order valence-corrected chi connectivity index (χ0v) is 14.3. The fourth-order valence-electron chi connectivity index (χ4n) is 2.13. The first-order valence-corrected chi connectivity index (χ1v) is 7.60. The maximum Gasteiger partial charge on any atom is 0.317 e. The molecule has 2 aromatic rings. The zero-order valence-electron chi connectivity index (χ0n) is 14.3. The second kappa shape index (κ2) is 8.05. The fraction of sp³-hybridized carbons (Fsp3) is 0.222. The number of ether oxygens (including phenoxy) is 1. The summed E-state index contributed by atoms with van der Waals surface area (Å²) in [6.45, 7) is 1.41. The molecule has 2 amide bonds. The van der Waals surface area contributed by atoms with Gasteiger partial charge in [-0.1, -0.05) is 0 Å². The van der Waals surface area contributed by atoms with Gasteiger partial charge in [0.25, 0.3) is 5.91 Å². The minimum absolute atomic E-state index is 0.122. The maximum atomic E-state index is 12.1. The quantitative estimate of drug-likeness (QED) is 0.663. The normalized spacial score (nSPS) is 10.0. The van der Waals surface area contributed by atoms with Crippen molar-refractivity contribution in [3.05, 3.63) is 53.9 Å². The van der Waals surface area contributed by atoms with Crippen LogP contribution in [-0.2, 0) is 16.0 Å². The molecule has 25 heavy (non-hydrogen) atoms. The van der Waals surface area contributed by atoms with Crippen molar-refractivity contribution in [2.45, 2.75) is 13.3 Å². The number of anilines is 1. The summed E-state index contributed by atoms with van der Waals surface area (Å²) >= 11 is 0. The molecule has 0 aliphatic heterocycles. The van der Waals surface area contributed by atoms with Gasteiger partial charge in [-0.25, -0.2) is 0 Å². The van der Waals surface area contributed by atoms with E-state index in [-0.39, 0.29) is 18.2 Å². The monoisotopic (exact) mass is 341 g/mol. The number of nitrogens with zero attached hydrogens (tertiary/aromatic N) is 2. The Morgan fingerprint density at radius 2 is 1.80 bits per heavy atom. The van der Waals surface area contributed by atoms with E-state index in [2.05, 4.69) is 10.3 Å². The molecule has 0 unspecified atom stereocenters. The largest absolute Gasteiger partial charge is 0.426 e. The molecule has 0 saturated heterocycles. The SMILES string of the molecule is CC(=O)Nc1ccc(OC(=O)Cc2ncccc2C(=O)N(C)C)cc1. The highest BCUT2D eigenvalue weighted by molar-refractivity contribution is 5.96. The van der Waals surface area contributed by atoms with Gasteiger partial charge in [-0.05, 0) is 36.4 Å². The number of aromatic nitrogens is 1. The minimum atomic E-state index is -0.529. The molecule has 0 aliphatic rings. The van der Waals surface area contributed by atoms with Gasteiger partial charge < -0.3 is 15.0 Å². The second-order valence-corrected chi connectivity index (χ2v) is 5.55. The van der Waals surface area contributed by atoms with E-state index in [1.165, 1.54) is 18.0 Å². The van der Waals surface area contributed by atoms with Crippen LogP contribution < -0.4 is 10.1 Å². The molecule has 1 N–H and O–H groups in total. The lowest BCUT2D eigenvalue weighted by Gasteiger charge is -2.13. The van der Waals surface area contributed by atoms with Crippen molar-refractivity contribution in [2.24, 2.45) is 0 Å². The van der Waals surface area contributed by atoms with Gasteiger partial charge in [-0.2, -0.15) is 0 Å². The van der Waals surface area contributed by atoms with Crippen LogP contribution in [0.1, 0.15) is 23.0 Å². The summed E-state index contributed by atoms with van der Waals surface area (Å²) in [5.74, 6) is -0.595. The van der Waals surface area contributed by atoms with Crippen LogP contribution in [0, 0.1) is 0 Å². The molecule has 0 atom stereocenters. The van der Waals surface area contributed by atoms with Gasteiger partial charge in [0.2, 0.25) is 5.91 Å². The van der Waals surface area contributed by atoms with E-state index in [0.29, 0.717) is 22.7 Å². The molecular weight excluding hydrogens is 322 g/mol. The first-order valence-electron chi connectivity index (χ1n) is 7.60. The number of benzene rings is 1. The standard InChI is InChI=1S/C18H19N3O4/c1-12(22)20-13-6-8-14(9-7-13)25-17(23)11-16-15(5-4-10-19-16)18(24)21(2)3/h4-10H,11H2,1-3H3,(H,20,22). The van der Waals surface area contributed by atoms with Gasteiger partial charge in [0.15, 0.2) is 0 Å². The molecule has 0 aliphatic carbocycles. The number of rotatable bonds is 5. The molecular formula is C18H19N3O4. The summed E-state index contributed by atoms with van der Waals surface area (Å²) in [4.78, 5) is 40.8. The van der Waals surface area contributed by atoms with Crippen LogP contribution in [-0.4, -0.2) is 41.8 Å². The number of pyridine rings is 1. The van der Waals surface area contributed by atoms with E-state index >= 15 is 0 Å². The Morgan fingerprint density at radius 1 is 1.12 bits per heavy atom. The van der Waals surface area contributed by atoms with Crippen molar-refractivity contribution in [1.82, 2.24) is 9.88 Å². The molecule has 0 spiro atoms. The third-order valence-electron chi connectivity index (χ3n) is 3.24. The fourth-order valence-corrected chi connectivity index (χ4v) is 2.13. The molecule has 2 rings (SSSR count). The average Bonchev–Trinajstić information content (AvgIpc) is 2.56. The summed E-state index contributed by atoms with van der Waals surface area (Å²) in [5.41, 5.74) is 1.34. The summed E-state index contributed by atoms with van der Waals surface area (Å²) in [6.07, 6.45) is 1.40. The Balaban J connectivity index is 2.06. The number of hydrogen-bond donors (Lipinski definition) is 1. The minimum Gasteiger partial charge on any atom is -0.426 e. The third-order valence-corrected chi connectivity index (χ3v) is 3.24. The van der Waals surface area contributed by atoms with Gasteiger partial charge in [-0.3, -0.25) is 19.4 Å². The van der Waals surface area contributed by atoms with E-state index in [9.17, 15) is 14.4 Å². The Bertz CT molecular complexity index is 785. The van der Waals surface area contributed by atoms with E-state index in [0.717, 1.165) is 0 Å². The average molecular weight is 341 g/mol. The van der Waals surface area contributed by atoms with E-state index in [4.69, 9.17) is 4.74 Å². The number of esters is 1. The van der Waals surface area contributed by atoms with Crippen molar-refractivity contribution in [2.75, 3.05) is 19.4 Å². The lowest BCUT2D eigenvalue weighted by Crippen LogP contribution is -2.24. The molecule has 7 nitrogen and oxygen atoms in total. The van der Waals surface area contributed by atoms with Crippen LogP contribution in [0.2, 0.25) is 0 Å². The molecule has 0 fully saturated rings. The number of nitrogens with one attached hydrogen (secondary N) is 1. The summed E-state index contributed by atoms with van der Waals surface area (Å²) in [7, 11) is 3.27. The molecule has 7 heteroatoms. The van der Waals surface area contributed by atoms with Crippen LogP contribution in [0.3, 0.4) is 0 Å². The topological polar surface area (TPSA) is 88.6 Å². The maximum absolute atomic E-state index is 12.1. The van der Waals surface area contributed by atoms with Gasteiger partial charge in [0, 0.05) is 32.9 Å². The number of carbonyl (C=O) groups excluding carboxylic acids is 3. The first kappa shape index (κ1) is 18.1. The van der Waals surface area contributed by atoms with Crippen molar-refractivity contribution in [1.29, 1.82) is 0 Å². The van der Waals surface area contributed by atoms with Gasteiger partial charge in [0.1, 0.15) is 5.75 Å². The van der Waals surface area contributed by atoms with Crippen LogP contribution >= 0.6 is 0 Å². The van der Waals surface area contributed by atoms with E-state index in [1.54, 1.807) is 50.5 Å². The lowest BCUT2D eigenvalue weighted by molar-refractivity contribution is -0.133. The van der Waals surface area contributed by atoms with Crippen LogP contribution in [0.5, 0.6) is 5.75 Å². The van der Waals surface area contributed by atoms with Crippen LogP contribution in [0.15, 0.2) is 42.6 Å². The number of carbonyl (C=O) groups is 3. The molecule has 1 aromatic heterocycles. The first-order chi connectivity index (χ1) is 11.9. The van der Waals surface area contributed by atoms with Crippen molar-refractivity contribution < 1.29 is 19.1 Å². The van der Waals surface area contributed by atoms with E-state index in [1.807, 2.05) is 0 Å². The number of hydrogen-bond acceptors (Lipinski definition) is 5. The highest BCUT2D eigenvalue weighted by atomic mass is 16.5. The number of amides is 2. The van der Waals surface area contributed by atoms with Crippen LogP contribution in [0.25, 0.3) is 0 Å². The second-order valence-electron chi connectivity index (χ2n) is 5.55. The van der Waals surface area contributed by atoms with Gasteiger partial charge in [0.05, 0.1) is 17.7 Å². The van der Waals surface area contributed by atoms with Crippen LogP contribution in [0.4, 0.5) is 5.69 Å². The third kappa shape index (κ3) is 5.13. The lowest BCUT2D eigenvalue weighted by atomic mass is 10.1. The molecule has 130 valence electrons. The molecule has 0 bridgehead atoms.